The van der Waals surface area contributed by atoms with Gasteiger partial charge in [0.15, 0.2) is 11.2 Å². The maximum absolute atomic E-state index is 7.74. The van der Waals surface area contributed by atoms with Gasteiger partial charge in [-0.1, -0.05) is 0 Å². The predicted molar refractivity (Wildman–Crippen MR) is 164 cm³/mol. The SMILES string of the molecule is CN(C)P(=N[P+](Cl)(N=P(N(C)C)(N(C)C)N(C)C)N=P(N(C)C)(N(C)C)N(C)C)(N(C)C)N(C)C.[Cl-]. The average molecular weight is 634 g/mol. The van der Waals surface area contributed by atoms with E-state index in [9.17, 15) is 0 Å². The lowest BCUT2D eigenvalue weighted by Crippen LogP contribution is -3.00. The van der Waals surface area contributed by atoms with Gasteiger partial charge in [-0.2, -0.15) is 0 Å². The summed E-state index contributed by atoms with van der Waals surface area (Å²) < 4.78 is 36.1. The molecule has 36 heavy (non-hydrogen) atoms. The monoisotopic (exact) mass is 632 g/mol. The predicted octanol–water partition coefficient (Wildman–Crippen LogP) is 1.80. The lowest BCUT2D eigenvalue weighted by molar-refractivity contribution is -0.00000851. The Hall–Kier alpha value is 1.34. The van der Waals surface area contributed by atoms with Gasteiger partial charge >= 0.3 is 7.07 Å². The molecule has 0 unspecified atom stereocenters. The molecule has 0 saturated heterocycles. The zero-order valence-corrected chi connectivity index (χ0v) is 31.0. The third-order valence-electron chi connectivity index (χ3n) is 5.53. The van der Waals surface area contributed by atoms with E-state index >= 15 is 0 Å². The summed E-state index contributed by atoms with van der Waals surface area (Å²) in [5, 5.41) is 0. The second kappa shape index (κ2) is 14.8. The third kappa shape index (κ3) is 7.75. The molecule has 0 aliphatic heterocycles. The highest BCUT2D eigenvalue weighted by Gasteiger charge is 2.52. The summed E-state index contributed by atoms with van der Waals surface area (Å²) >= 11 is 7.74. The van der Waals surface area contributed by atoms with Gasteiger partial charge in [-0.15, -0.1) is 0 Å². The highest BCUT2D eigenvalue weighted by Crippen LogP contribution is 2.85. The van der Waals surface area contributed by atoms with Gasteiger partial charge in [0, 0.05) is 0 Å². The van der Waals surface area contributed by atoms with Crippen molar-refractivity contribution in [2.45, 2.75) is 0 Å². The van der Waals surface area contributed by atoms with Gasteiger partial charge in [0.2, 0.25) is 22.5 Å². The fraction of sp³-hybridized carbons (Fsp3) is 1.00. The van der Waals surface area contributed by atoms with E-state index in [4.69, 9.17) is 24.8 Å². The van der Waals surface area contributed by atoms with Crippen LogP contribution in [0.15, 0.2) is 13.5 Å². The molecule has 0 radical (unpaired) electrons. The summed E-state index contributed by atoms with van der Waals surface area (Å²) in [5.74, 6) is 0. The van der Waals surface area contributed by atoms with Crippen molar-refractivity contribution in [3.05, 3.63) is 0 Å². The molecule has 0 bridgehead atoms. The van der Waals surface area contributed by atoms with Crippen molar-refractivity contribution in [1.82, 2.24) is 42.0 Å². The zero-order chi connectivity index (χ0) is 28.3. The first-order valence-electron chi connectivity index (χ1n) is 11.2. The first-order chi connectivity index (χ1) is 15.6. The van der Waals surface area contributed by atoms with E-state index in [1.807, 2.05) is 0 Å². The highest BCUT2D eigenvalue weighted by atomic mass is 35.7. The molecule has 0 aliphatic carbocycles. The molecule has 0 aliphatic rings. The molecule has 18 heteroatoms. The Morgan fingerprint density at radius 3 is 0.556 bits per heavy atom. The molecule has 0 spiro atoms. The number of rotatable bonds is 12. The van der Waals surface area contributed by atoms with Crippen LogP contribution in [0.4, 0.5) is 0 Å². The van der Waals surface area contributed by atoms with E-state index in [2.05, 4.69) is 169 Å². The van der Waals surface area contributed by atoms with Gasteiger partial charge in [-0.25, -0.2) is 42.0 Å². The van der Waals surface area contributed by atoms with Crippen LogP contribution in [0.5, 0.6) is 0 Å². The van der Waals surface area contributed by atoms with E-state index in [0.29, 0.717) is 0 Å². The molecule has 0 aromatic rings. The maximum Gasteiger partial charge on any atom is 0.474 e. The molecule has 0 aromatic heterocycles. The van der Waals surface area contributed by atoms with Crippen LogP contribution in [0.3, 0.4) is 0 Å². The Morgan fingerprint density at radius 1 is 0.361 bits per heavy atom. The van der Waals surface area contributed by atoms with Crippen molar-refractivity contribution in [1.29, 1.82) is 0 Å². The Balaban J connectivity index is 0. The maximum atomic E-state index is 7.74. The molecule has 0 saturated carbocycles. The van der Waals surface area contributed by atoms with Crippen molar-refractivity contribution in [3.63, 3.8) is 0 Å². The van der Waals surface area contributed by atoms with Crippen LogP contribution in [0.2, 0.25) is 0 Å². The topological polar surface area (TPSA) is 66.2 Å². The minimum atomic E-state index is -3.20. The molecule has 0 fully saturated rings. The Bertz CT molecular complexity index is 664. The lowest BCUT2D eigenvalue weighted by atomic mass is 11.2. The summed E-state index contributed by atoms with van der Waals surface area (Å²) in [6.07, 6.45) is 0. The van der Waals surface area contributed by atoms with Crippen LogP contribution in [-0.2, 0) is 0 Å². The van der Waals surface area contributed by atoms with E-state index in [1.165, 1.54) is 0 Å². The summed E-state index contributed by atoms with van der Waals surface area (Å²) in [7, 11) is 26.5. The highest BCUT2D eigenvalue weighted by molar-refractivity contribution is 8.02. The molecule has 220 valence electrons. The molecule has 0 amide bonds. The standard InChI is InChI=1S/C18H54ClN12P4.ClH/c1-23(2)33(24(3)4,25(5)6)20-32(19,21-34(26(7)8,27(9)10)28(11)12)22-35(29(13)14,30(15)16)31(17)18;/h1-18H3;1H/q+1;/p-1. The van der Waals surface area contributed by atoms with Crippen LogP contribution in [0.1, 0.15) is 0 Å². The molecule has 0 atom stereocenters. The first kappa shape index (κ1) is 39.5. The van der Waals surface area contributed by atoms with Crippen LogP contribution in [-0.4, -0.2) is 169 Å². The van der Waals surface area contributed by atoms with Crippen molar-refractivity contribution in [3.8, 4) is 0 Å². The molecule has 0 aromatic carbocycles. The molecular formula is C18H54Cl2N12P4. The van der Waals surface area contributed by atoms with Gasteiger partial charge in [0.05, 0.1) is 0 Å². The van der Waals surface area contributed by atoms with E-state index in [-0.39, 0.29) is 12.4 Å². The molecule has 0 N–H and O–H groups in total. The van der Waals surface area contributed by atoms with Gasteiger partial charge < -0.3 is 12.4 Å². The first-order valence-corrected chi connectivity index (χ1v) is 18.6. The largest absolute Gasteiger partial charge is 1.00 e. The second-order valence-electron chi connectivity index (χ2n) is 10.00. The molecule has 12 nitrogen and oxygen atoms in total. The Kier molecular flexibility index (Phi) is 16.3. The van der Waals surface area contributed by atoms with Crippen LogP contribution >= 0.6 is 40.8 Å². The third-order valence-corrected chi connectivity index (χ3v) is 22.6. The smallest absolute Gasteiger partial charge is 0.474 e. The number of hydrogen-bond donors (Lipinski definition) is 0. The van der Waals surface area contributed by atoms with E-state index < -0.39 is 29.6 Å². The van der Waals surface area contributed by atoms with Gasteiger partial charge in [0.25, 0.3) is 0 Å². The van der Waals surface area contributed by atoms with Crippen LogP contribution in [0.25, 0.3) is 0 Å². The fourth-order valence-electron chi connectivity index (χ4n) is 4.45. The Morgan fingerprint density at radius 2 is 0.472 bits per heavy atom. The lowest BCUT2D eigenvalue weighted by Gasteiger charge is -2.42. The van der Waals surface area contributed by atoms with E-state index in [1.54, 1.807) is 0 Å². The summed E-state index contributed by atoms with van der Waals surface area (Å²) in [6, 6.07) is 0. The zero-order valence-electron chi connectivity index (χ0n) is 25.9. The quantitative estimate of drug-likeness (QED) is 0.300. The Labute approximate surface area is 235 Å². The minimum absolute atomic E-state index is 0. The molecule has 0 rings (SSSR count). The summed E-state index contributed by atoms with van der Waals surface area (Å²) in [5.41, 5.74) is 0. The minimum Gasteiger partial charge on any atom is -1.00 e. The number of hydrogen-bond acceptors (Lipinski definition) is 3. The summed E-state index contributed by atoms with van der Waals surface area (Å²) in [6.45, 7) is 0. The van der Waals surface area contributed by atoms with Gasteiger partial charge in [0.1, 0.15) is 0 Å². The number of halogens is 2. The van der Waals surface area contributed by atoms with Crippen molar-refractivity contribution < 1.29 is 12.4 Å². The van der Waals surface area contributed by atoms with Crippen molar-refractivity contribution >= 4 is 40.8 Å². The normalized spacial score (nSPS) is 14.3. The van der Waals surface area contributed by atoms with Crippen LogP contribution in [0, 0.1) is 0 Å². The average Bonchev–Trinajstić information content (AvgIpc) is 2.66. The summed E-state index contributed by atoms with van der Waals surface area (Å²) in [4.78, 5) is 0. The van der Waals surface area contributed by atoms with Gasteiger partial charge in [-0.05, 0) is 140 Å². The molecular weight excluding hydrogens is 579 g/mol. The van der Waals surface area contributed by atoms with E-state index in [0.717, 1.165) is 0 Å². The van der Waals surface area contributed by atoms with Gasteiger partial charge in [-0.3, -0.25) is 0 Å². The molecule has 0 heterocycles. The van der Waals surface area contributed by atoms with Crippen molar-refractivity contribution in [2.24, 2.45) is 13.5 Å². The van der Waals surface area contributed by atoms with Crippen molar-refractivity contribution in [2.75, 3.05) is 127 Å². The number of nitrogens with zero attached hydrogens (tertiary/aromatic N) is 12. The fourth-order valence-corrected chi connectivity index (χ4v) is 24.2. The second-order valence-corrected chi connectivity index (χ2v) is 24.9. The van der Waals surface area contributed by atoms with Crippen LogP contribution < -0.4 is 12.4 Å².